The highest BCUT2D eigenvalue weighted by molar-refractivity contribution is 7.92. The van der Waals surface area contributed by atoms with Gasteiger partial charge in [0.15, 0.2) is 0 Å². The van der Waals surface area contributed by atoms with Crippen molar-refractivity contribution in [2.24, 2.45) is 0 Å². The van der Waals surface area contributed by atoms with Crippen molar-refractivity contribution in [2.45, 2.75) is 19.6 Å². The van der Waals surface area contributed by atoms with Crippen molar-refractivity contribution in [1.82, 2.24) is 10.2 Å². The van der Waals surface area contributed by atoms with Crippen LogP contribution >= 0.6 is 11.3 Å². The molecule has 2 heterocycles. The van der Waals surface area contributed by atoms with Crippen LogP contribution in [0.1, 0.15) is 16.2 Å². The third-order valence-corrected chi connectivity index (χ3v) is 5.34. The number of hydrogen-bond donors (Lipinski definition) is 2. The van der Waals surface area contributed by atoms with Gasteiger partial charge in [-0.2, -0.15) is 0 Å². The Hall–Kier alpha value is -2.78. The Labute approximate surface area is 168 Å². The van der Waals surface area contributed by atoms with Gasteiger partial charge in [0.1, 0.15) is 5.76 Å². The number of hydrogen-bond acceptors (Lipinski definition) is 5. The van der Waals surface area contributed by atoms with E-state index in [2.05, 4.69) is 10.0 Å². The van der Waals surface area contributed by atoms with Gasteiger partial charge in [-0.1, -0.05) is 24.3 Å². The van der Waals surface area contributed by atoms with Gasteiger partial charge in [-0.05, 0) is 35.2 Å². The normalized spacial score (nSPS) is 11.2. The number of nitrogens with zero attached hydrogens (tertiary/aromatic N) is 1. The van der Waals surface area contributed by atoms with Crippen LogP contribution in [0, 0.1) is 0 Å². The van der Waals surface area contributed by atoms with Gasteiger partial charge in [-0.25, -0.2) is 13.2 Å². The number of amides is 2. The standard InChI is InChI=1S/C19H21N3O4S2/c1-28(24,25)21-18-9-3-2-6-15(18)12-20-19(23)22(13-16-7-4-10-26-16)14-17-8-5-11-27-17/h2-11,21H,12-14H2,1H3,(H,20,23). The SMILES string of the molecule is CS(=O)(=O)Nc1ccccc1CNC(=O)N(Cc1ccco1)Cc1cccs1. The summed E-state index contributed by atoms with van der Waals surface area (Å²) >= 11 is 1.58. The molecule has 7 nitrogen and oxygen atoms in total. The second-order valence-electron chi connectivity index (χ2n) is 6.20. The van der Waals surface area contributed by atoms with Gasteiger partial charge in [-0.3, -0.25) is 4.72 Å². The molecule has 0 bridgehead atoms. The Kier molecular flexibility index (Phi) is 6.37. The predicted octanol–water partition coefficient (Wildman–Crippen LogP) is 3.62. The Balaban J connectivity index is 1.70. The first-order valence-corrected chi connectivity index (χ1v) is 11.3. The zero-order chi connectivity index (χ0) is 20.0. The van der Waals surface area contributed by atoms with E-state index in [1.807, 2.05) is 23.6 Å². The Morgan fingerprint density at radius 3 is 2.61 bits per heavy atom. The average molecular weight is 420 g/mol. The van der Waals surface area contributed by atoms with Crippen molar-refractivity contribution in [3.63, 3.8) is 0 Å². The molecule has 2 aromatic heterocycles. The number of benzene rings is 1. The van der Waals surface area contributed by atoms with Crippen LogP contribution in [0.3, 0.4) is 0 Å². The van der Waals surface area contributed by atoms with Crippen LogP contribution in [-0.4, -0.2) is 25.6 Å². The fourth-order valence-electron chi connectivity index (χ4n) is 2.64. The molecule has 2 N–H and O–H groups in total. The van der Waals surface area contributed by atoms with Gasteiger partial charge >= 0.3 is 6.03 Å². The van der Waals surface area contributed by atoms with E-state index in [9.17, 15) is 13.2 Å². The average Bonchev–Trinajstić information content (AvgIpc) is 3.33. The molecule has 0 aliphatic rings. The Morgan fingerprint density at radius 2 is 1.93 bits per heavy atom. The molecule has 0 aliphatic carbocycles. The van der Waals surface area contributed by atoms with Gasteiger partial charge in [0.25, 0.3) is 0 Å². The fourth-order valence-corrected chi connectivity index (χ4v) is 3.96. The van der Waals surface area contributed by atoms with Gasteiger partial charge < -0.3 is 14.6 Å². The molecule has 0 aliphatic heterocycles. The molecule has 0 unspecified atom stereocenters. The molecular formula is C19H21N3O4S2. The number of furan rings is 1. The van der Waals surface area contributed by atoms with Crippen molar-refractivity contribution in [2.75, 3.05) is 11.0 Å². The first-order chi connectivity index (χ1) is 13.4. The zero-order valence-corrected chi connectivity index (χ0v) is 16.9. The molecule has 9 heteroatoms. The second kappa shape index (κ2) is 8.94. The largest absolute Gasteiger partial charge is 0.467 e. The maximum absolute atomic E-state index is 12.8. The number of anilines is 1. The van der Waals surface area contributed by atoms with E-state index >= 15 is 0 Å². The van der Waals surface area contributed by atoms with E-state index in [1.165, 1.54) is 0 Å². The van der Waals surface area contributed by atoms with Crippen LogP contribution in [0.4, 0.5) is 10.5 Å². The Morgan fingerprint density at radius 1 is 1.11 bits per heavy atom. The maximum Gasteiger partial charge on any atom is 0.318 e. The van der Waals surface area contributed by atoms with E-state index in [0.29, 0.717) is 30.1 Å². The molecule has 0 spiro atoms. The van der Waals surface area contributed by atoms with Gasteiger partial charge in [-0.15, -0.1) is 11.3 Å². The topological polar surface area (TPSA) is 91.7 Å². The van der Waals surface area contributed by atoms with Crippen LogP contribution in [0.2, 0.25) is 0 Å². The van der Waals surface area contributed by atoms with Crippen molar-refractivity contribution in [1.29, 1.82) is 0 Å². The van der Waals surface area contributed by atoms with E-state index < -0.39 is 10.0 Å². The number of carbonyl (C=O) groups excluding carboxylic acids is 1. The highest BCUT2D eigenvalue weighted by Crippen LogP contribution is 2.18. The minimum Gasteiger partial charge on any atom is -0.467 e. The lowest BCUT2D eigenvalue weighted by Gasteiger charge is -2.22. The molecule has 2 amide bonds. The summed E-state index contributed by atoms with van der Waals surface area (Å²) in [7, 11) is -3.41. The monoisotopic (exact) mass is 419 g/mol. The number of para-hydroxylation sites is 1. The van der Waals surface area contributed by atoms with Gasteiger partial charge in [0.05, 0.1) is 31.3 Å². The molecule has 3 aromatic rings. The van der Waals surface area contributed by atoms with E-state index in [4.69, 9.17) is 4.42 Å². The van der Waals surface area contributed by atoms with Crippen molar-refractivity contribution in [3.05, 3.63) is 76.4 Å². The summed E-state index contributed by atoms with van der Waals surface area (Å²) in [4.78, 5) is 15.5. The summed E-state index contributed by atoms with van der Waals surface area (Å²) in [5.74, 6) is 0.686. The summed E-state index contributed by atoms with van der Waals surface area (Å²) < 4.78 is 30.9. The maximum atomic E-state index is 12.8. The molecule has 3 rings (SSSR count). The lowest BCUT2D eigenvalue weighted by Crippen LogP contribution is -2.38. The van der Waals surface area contributed by atoms with Gasteiger partial charge in [0.2, 0.25) is 10.0 Å². The van der Waals surface area contributed by atoms with Crippen molar-refractivity contribution >= 4 is 33.1 Å². The fraction of sp³-hybridized carbons (Fsp3) is 0.211. The number of rotatable bonds is 8. The number of nitrogens with one attached hydrogen (secondary N) is 2. The minimum atomic E-state index is -3.41. The molecule has 0 fully saturated rings. The van der Waals surface area contributed by atoms with Crippen LogP contribution in [0.15, 0.2) is 64.6 Å². The first-order valence-electron chi connectivity index (χ1n) is 8.54. The molecule has 0 saturated carbocycles. The summed E-state index contributed by atoms with van der Waals surface area (Å²) in [6.07, 6.45) is 2.66. The summed E-state index contributed by atoms with van der Waals surface area (Å²) in [6, 6.07) is 14.2. The third-order valence-electron chi connectivity index (χ3n) is 3.88. The summed E-state index contributed by atoms with van der Waals surface area (Å²) in [5, 5.41) is 4.83. The quantitative estimate of drug-likeness (QED) is 0.583. The smallest absolute Gasteiger partial charge is 0.318 e. The van der Waals surface area contributed by atoms with E-state index in [0.717, 1.165) is 11.1 Å². The molecule has 0 atom stereocenters. The highest BCUT2D eigenvalue weighted by Gasteiger charge is 2.17. The molecule has 0 radical (unpaired) electrons. The lowest BCUT2D eigenvalue weighted by molar-refractivity contribution is 0.187. The van der Waals surface area contributed by atoms with E-state index in [1.54, 1.807) is 52.8 Å². The van der Waals surface area contributed by atoms with Crippen LogP contribution in [-0.2, 0) is 29.7 Å². The molecule has 28 heavy (non-hydrogen) atoms. The first kappa shape index (κ1) is 20.0. The second-order valence-corrected chi connectivity index (χ2v) is 8.99. The lowest BCUT2D eigenvalue weighted by atomic mass is 10.2. The van der Waals surface area contributed by atoms with Gasteiger partial charge in [0, 0.05) is 11.4 Å². The van der Waals surface area contributed by atoms with Crippen LogP contribution in [0.5, 0.6) is 0 Å². The molecule has 0 saturated heterocycles. The van der Waals surface area contributed by atoms with Crippen LogP contribution < -0.4 is 10.0 Å². The van der Waals surface area contributed by atoms with Crippen molar-refractivity contribution in [3.8, 4) is 0 Å². The number of thiophene rings is 1. The molecular weight excluding hydrogens is 398 g/mol. The predicted molar refractivity (Wildman–Crippen MR) is 109 cm³/mol. The Bertz CT molecular complexity index is 964. The van der Waals surface area contributed by atoms with Crippen molar-refractivity contribution < 1.29 is 17.6 Å². The molecule has 148 valence electrons. The minimum absolute atomic E-state index is 0.191. The zero-order valence-electron chi connectivity index (χ0n) is 15.3. The summed E-state index contributed by atoms with van der Waals surface area (Å²) in [6.45, 7) is 0.976. The summed E-state index contributed by atoms with van der Waals surface area (Å²) in [5.41, 5.74) is 1.12. The highest BCUT2D eigenvalue weighted by atomic mass is 32.2. The number of carbonyl (C=O) groups is 1. The van der Waals surface area contributed by atoms with Crippen LogP contribution in [0.25, 0.3) is 0 Å². The third kappa shape index (κ3) is 5.86. The number of sulfonamides is 1. The van der Waals surface area contributed by atoms with E-state index in [-0.39, 0.29) is 12.6 Å². The number of urea groups is 1. The molecule has 1 aromatic carbocycles.